The first-order chi connectivity index (χ1) is 7.84. The SMILES string of the molecule is Cl.O=C(CC1CCCCCC1)NC1CCNC1. The van der Waals surface area contributed by atoms with Crippen molar-refractivity contribution in [3.8, 4) is 0 Å². The molecular formula is C13H25ClN2O. The maximum absolute atomic E-state index is 11.8. The number of hydrogen-bond acceptors (Lipinski definition) is 2. The third-order valence-electron chi connectivity index (χ3n) is 3.87. The van der Waals surface area contributed by atoms with Crippen molar-refractivity contribution in [2.45, 2.75) is 57.4 Å². The monoisotopic (exact) mass is 260 g/mol. The second-order valence-electron chi connectivity index (χ2n) is 5.32. The lowest BCUT2D eigenvalue weighted by Gasteiger charge is -2.16. The van der Waals surface area contributed by atoms with E-state index in [-0.39, 0.29) is 18.3 Å². The topological polar surface area (TPSA) is 41.1 Å². The molecule has 0 radical (unpaired) electrons. The van der Waals surface area contributed by atoms with E-state index in [1.54, 1.807) is 0 Å². The molecule has 2 fully saturated rings. The van der Waals surface area contributed by atoms with Crippen LogP contribution in [0.1, 0.15) is 51.4 Å². The van der Waals surface area contributed by atoms with E-state index in [1.807, 2.05) is 0 Å². The zero-order chi connectivity index (χ0) is 11.2. The molecule has 2 N–H and O–H groups in total. The minimum absolute atomic E-state index is 0. The van der Waals surface area contributed by atoms with Gasteiger partial charge in [-0.2, -0.15) is 0 Å². The van der Waals surface area contributed by atoms with E-state index in [0.717, 1.165) is 25.9 Å². The van der Waals surface area contributed by atoms with Crippen LogP contribution in [-0.4, -0.2) is 25.0 Å². The van der Waals surface area contributed by atoms with Crippen LogP contribution in [0.5, 0.6) is 0 Å². The first kappa shape index (κ1) is 14.8. The zero-order valence-electron chi connectivity index (χ0n) is 10.5. The lowest BCUT2D eigenvalue weighted by atomic mass is 9.96. The van der Waals surface area contributed by atoms with Gasteiger partial charge in [-0.15, -0.1) is 12.4 Å². The van der Waals surface area contributed by atoms with Crippen molar-refractivity contribution < 1.29 is 4.79 Å². The van der Waals surface area contributed by atoms with Gasteiger partial charge in [-0.05, 0) is 31.7 Å². The molecule has 1 unspecified atom stereocenters. The molecule has 1 heterocycles. The third kappa shape index (κ3) is 5.26. The quantitative estimate of drug-likeness (QED) is 0.765. The lowest BCUT2D eigenvalue weighted by molar-refractivity contribution is -0.122. The number of carbonyl (C=O) groups is 1. The number of amides is 1. The summed E-state index contributed by atoms with van der Waals surface area (Å²) in [6.07, 6.45) is 9.75. The largest absolute Gasteiger partial charge is 0.352 e. The maximum Gasteiger partial charge on any atom is 0.220 e. The molecule has 0 aromatic heterocycles. The predicted molar refractivity (Wildman–Crippen MR) is 72.5 cm³/mol. The number of nitrogens with one attached hydrogen (secondary N) is 2. The highest BCUT2D eigenvalue weighted by molar-refractivity contribution is 5.85. The molecule has 1 atom stereocenters. The van der Waals surface area contributed by atoms with E-state index in [4.69, 9.17) is 0 Å². The Morgan fingerprint density at radius 3 is 2.41 bits per heavy atom. The van der Waals surface area contributed by atoms with Gasteiger partial charge in [-0.1, -0.05) is 25.7 Å². The summed E-state index contributed by atoms with van der Waals surface area (Å²) in [6.45, 7) is 2.00. The van der Waals surface area contributed by atoms with Crippen molar-refractivity contribution in [2.24, 2.45) is 5.92 Å². The Bertz CT molecular complexity index is 221. The van der Waals surface area contributed by atoms with Crippen LogP contribution in [0.15, 0.2) is 0 Å². The van der Waals surface area contributed by atoms with Crippen molar-refractivity contribution in [3.63, 3.8) is 0 Å². The van der Waals surface area contributed by atoms with Crippen molar-refractivity contribution in [2.75, 3.05) is 13.1 Å². The summed E-state index contributed by atoms with van der Waals surface area (Å²) in [5.74, 6) is 0.928. The first-order valence-electron chi connectivity index (χ1n) is 6.84. The Kier molecular flexibility index (Phi) is 6.90. The third-order valence-corrected chi connectivity index (χ3v) is 3.87. The molecule has 2 aliphatic rings. The standard InChI is InChI=1S/C13H24N2O.ClH/c16-13(15-12-7-8-14-10-12)9-11-5-3-1-2-4-6-11;/h11-12,14H,1-10H2,(H,15,16);1H. The van der Waals surface area contributed by atoms with Gasteiger partial charge in [0.1, 0.15) is 0 Å². The van der Waals surface area contributed by atoms with Crippen LogP contribution in [0.4, 0.5) is 0 Å². The van der Waals surface area contributed by atoms with Crippen LogP contribution < -0.4 is 10.6 Å². The summed E-state index contributed by atoms with van der Waals surface area (Å²) in [5, 5.41) is 6.42. The van der Waals surface area contributed by atoms with Gasteiger partial charge >= 0.3 is 0 Å². The minimum Gasteiger partial charge on any atom is -0.352 e. The fraction of sp³-hybridized carbons (Fsp3) is 0.923. The highest BCUT2D eigenvalue weighted by Crippen LogP contribution is 2.25. The molecule has 17 heavy (non-hydrogen) atoms. The Hall–Kier alpha value is -0.280. The summed E-state index contributed by atoms with van der Waals surface area (Å²) in [5.41, 5.74) is 0. The van der Waals surface area contributed by atoms with Gasteiger partial charge < -0.3 is 10.6 Å². The normalized spacial score (nSPS) is 26.0. The van der Waals surface area contributed by atoms with E-state index in [2.05, 4.69) is 10.6 Å². The minimum atomic E-state index is 0. The molecule has 3 nitrogen and oxygen atoms in total. The fourth-order valence-corrected chi connectivity index (χ4v) is 2.89. The fourth-order valence-electron chi connectivity index (χ4n) is 2.89. The molecule has 1 saturated carbocycles. The molecule has 0 aromatic rings. The first-order valence-corrected chi connectivity index (χ1v) is 6.84. The van der Waals surface area contributed by atoms with E-state index < -0.39 is 0 Å². The van der Waals surface area contributed by atoms with Crippen LogP contribution >= 0.6 is 12.4 Å². The van der Waals surface area contributed by atoms with Crippen LogP contribution in [0, 0.1) is 5.92 Å². The van der Waals surface area contributed by atoms with Gasteiger partial charge in [0.15, 0.2) is 0 Å². The molecule has 1 saturated heterocycles. The van der Waals surface area contributed by atoms with E-state index >= 15 is 0 Å². The summed E-state index contributed by atoms with van der Waals surface area (Å²) in [6, 6.07) is 0.387. The summed E-state index contributed by atoms with van der Waals surface area (Å²) in [7, 11) is 0. The summed E-state index contributed by atoms with van der Waals surface area (Å²) in [4.78, 5) is 11.8. The van der Waals surface area contributed by atoms with Gasteiger partial charge in [0.2, 0.25) is 5.91 Å². The van der Waals surface area contributed by atoms with Gasteiger partial charge in [0, 0.05) is 19.0 Å². The summed E-state index contributed by atoms with van der Waals surface area (Å²) >= 11 is 0. The molecular weight excluding hydrogens is 236 g/mol. The Balaban J connectivity index is 0.00000144. The van der Waals surface area contributed by atoms with E-state index in [9.17, 15) is 4.79 Å². The van der Waals surface area contributed by atoms with E-state index in [1.165, 1.54) is 38.5 Å². The molecule has 4 heteroatoms. The molecule has 0 aromatic carbocycles. The van der Waals surface area contributed by atoms with Crippen molar-refractivity contribution >= 4 is 18.3 Å². The predicted octanol–water partition coefficient (Wildman–Crippen LogP) is 2.25. The average Bonchev–Trinajstić information content (AvgIpc) is 2.62. The highest BCUT2D eigenvalue weighted by atomic mass is 35.5. The molecule has 1 amide bonds. The van der Waals surface area contributed by atoms with Crippen molar-refractivity contribution in [1.29, 1.82) is 0 Å². The number of rotatable bonds is 3. The van der Waals surface area contributed by atoms with Crippen LogP contribution in [0.3, 0.4) is 0 Å². The van der Waals surface area contributed by atoms with Crippen molar-refractivity contribution in [1.82, 2.24) is 10.6 Å². The Morgan fingerprint density at radius 2 is 1.82 bits per heavy atom. The number of hydrogen-bond donors (Lipinski definition) is 2. The summed E-state index contributed by atoms with van der Waals surface area (Å²) < 4.78 is 0. The molecule has 0 bridgehead atoms. The Morgan fingerprint density at radius 1 is 1.12 bits per heavy atom. The number of halogens is 1. The molecule has 0 spiro atoms. The smallest absolute Gasteiger partial charge is 0.220 e. The van der Waals surface area contributed by atoms with Crippen molar-refractivity contribution in [3.05, 3.63) is 0 Å². The second kappa shape index (κ2) is 7.93. The zero-order valence-corrected chi connectivity index (χ0v) is 11.4. The average molecular weight is 261 g/mol. The molecule has 2 rings (SSSR count). The van der Waals surface area contributed by atoms with Crippen LogP contribution in [0.25, 0.3) is 0 Å². The van der Waals surface area contributed by atoms with Gasteiger partial charge in [-0.3, -0.25) is 4.79 Å². The van der Waals surface area contributed by atoms with Crippen LogP contribution in [-0.2, 0) is 4.79 Å². The van der Waals surface area contributed by atoms with Gasteiger partial charge in [0.05, 0.1) is 0 Å². The van der Waals surface area contributed by atoms with Gasteiger partial charge in [0.25, 0.3) is 0 Å². The van der Waals surface area contributed by atoms with E-state index in [0.29, 0.717) is 12.0 Å². The molecule has 100 valence electrons. The second-order valence-corrected chi connectivity index (χ2v) is 5.32. The Labute approximate surface area is 111 Å². The number of carbonyl (C=O) groups excluding carboxylic acids is 1. The molecule has 1 aliphatic carbocycles. The lowest BCUT2D eigenvalue weighted by Crippen LogP contribution is -2.37. The van der Waals surface area contributed by atoms with Gasteiger partial charge in [-0.25, -0.2) is 0 Å². The maximum atomic E-state index is 11.8. The van der Waals surface area contributed by atoms with Crippen LogP contribution in [0.2, 0.25) is 0 Å². The highest BCUT2D eigenvalue weighted by Gasteiger charge is 2.20. The molecule has 1 aliphatic heterocycles.